The number of nitrogens with zero attached hydrogens (tertiary/aromatic N) is 1. The predicted molar refractivity (Wildman–Crippen MR) is 87.7 cm³/mol. The summed E-state index contributed by atoms with van der Waals surface area (Å²) in [7, 11) is 0. The zero-order valence-electron chi connectivity index (χ0n) is 10.6. The highest BCUT2D eigenvalue weighted by atomic mass is 35.5. The maximum Gasteiger partial charge on any atom is 0.0645 e. The van der Waals surface area contributed by atoms with E-state index < -0.39 is 0 Å². The Morgan fingerprint density at radius 3 is 2.35 bits per heavy atom. The fraction of sp³-hybridized carbons (Fsp3) is 0. The molecule has 20 heavy (non-hydrogen) atoms. The van der Waals surface area contributed by atoms with Gasteiger partial charge in [0.1, 0.15) is 0 Å². The topological polar surface area (TPSA) is 12.4 Å². The molecule has 0 spiro atoms. The zero-order valence-corrected chi connectivity index (χ0v) is 12.1. The van der Waals surface area contributed by atoms with Crippen LogP contribution >= 0.6 is 23.2 Å². The highest BCUT2D eigenvalue weighted by Gasteiger charge is 1.98. The van der Waals surface area contributed by atoms with E-state index in [0.29, 0.717) is 10.0 Å². The van der Waals surface area contributed by atoms with Crippen LogP contribution in [0.25, 0.3) is 10.8 Å². The molecule has 0 aromatic heterocycles. The van der Waals surface area contributed by atoms with Crippen molar-refractivity contribution in [3.63, 3.8) is 0 Å². The summed E-state index contributed by atoms with van der Waals surface area (Å²) in [6.07, 6.45) is 1.83. The molecule has 0 amide bonds. The number of hydrogen-bond donors (Lipinski definition) is 0. The second-order valence-electron chi connectivity index (χ2n) is 4.46. The largest absolute Gasteiger partial charge is 0.256 e. The smallest absolute Gasteiger partial charge is 0.0645 e. The zero-order chi connectivity index (χ0) is 13.9. The van der Waals surface area contributed by atoms with Gasteiger partial charge in [-0.1, -0.05) is 59.6 Å². The van der Waals surface area contributed by atoms with E-state index in [1.165, 1.54) is 10.8 Å². The van der Waals surface area contributed by atoms with Crippen LogP contribution in [0.15, 0.2) is 65.7 Å². The second-order valence-corrected chi connectivity index (χ2v) is 5.28. The van der Waals surface area contributed by atoms with E-state index >= 15 is 0 Å². The molecule has 0 unspecified atom stereocenters. The Morgan fingerprint density at radius 1 is 0.750 bits per heavy atom. The molecule has 3 aromatic rings. The molecule has 0 aliphatic carbocycles. The molecule has 0 radical (unpaired) electrons. The molecule has 3 aromatic carbocycles. The van der Waals surface area contributed by atoms with Crippen LogP contribution in [0.2, 0.25) is 10.0 Å². The van der Waals surface area contributed by atoms with Gasteiger partial charge in [0.15, 0.2) is 0 Å². The molecule has 0 saturated heterocycles. The van der Waals surface area contributed by atoms with E-state index in [1.54, 1.807) is 12.1 Å². The molecule has 0 atom stereocenters. The summed E-state index contributed by atoms with van der Waals surface area (Å²) in [5.74, 6) is 0. The van der Waals surface area contributed by atoms with Crippen LogP contribution in [-0.2, 0) is 0 Å². The summed E-state index contributed by atoms with van der Waals surface area (Å²) in [5, 5.41) is 3.47. The van der Waals surface area contributed by atoms with Crippen LogP contribution in [0.3, 0.4) is 0 Å². The number of rotatable bonds is 2. The van der Waals surface area contributed by atoms with Crippen molar-refractivity contribution in [2.75, 3.05) is 0 Å². The summed E-state index contributed by atoms with van der Waals surface area (Å²) in [5.41, 5.74) is 1.84. The molecule has 3 heteroatoms. The number of benzene rings is 3. The average Bonchev–Trinajstić information content (AvgIpc) is 2.48. The third-order valence-corrected chi connectivity index (χ3v) is 3.78. The SMILES string of the molecule is Clc1ccc(N=Cc2ccc3ccccc3c2)cc1Cl. The van der Waals surface area contributed by atoms with Crippen molar-refractivity contribution >= 4 is 45.9 Å². The van der Waals surface area contributed by atoms with E-state index in [4.69, 9.17) is 23.2 Å². The molecule has 0 bridgehead atoms. The first kappa shape index (κ1) is 13.2. The van der Waals surface area contributed by atoms with Crippen molar-refractivity contribution in [2.45, 2.75) is 0 Å². The van der Waals surface area contributed by atoms with Crippen molar-refractivity contribution in [2.24, 2.45) is 4.99 Å². The van der Waals surface area contributed by atoms with Crippen molar-refractivity contribution in [3.05, 3.63) is 76.3 Å². The van der Waals surface area contributed by atoms with Gasteiger partial charge in [0, 0.05) is 6.21 Å². The first-order valence-corrected chi connectivity index (χ1v) is 6.96. The van der Waals surface area contributed by atoms with Crippen LogP contribution in [0.5, 0.6) is 0 Å². The van der Waals surface area contributed by atoms with Crippen LogP contribution < -0.4 is 0 Å². The molecular weight excluding hydrogens is 289 g/mol. The normalized spacial score (nSPS) is 11.3. The molecule has 0 N–H and O–H groups in total. The van der Waals surface area contributed by atoms with Crippen molar-refractivity contribution < 1.29 is 0 Å². The maximum atomic E-state index is 5.97. The fourth-order valence-electron chi connectivity index (χ4n) is 2.00. The molecule has 0 fully saturated rings. The van der Waals surface area contributed by atoms with Gasteiger partial charge in [-0.15, -0.1) is 0 Å². The van der Waals surface area contributed by atoms with E-state index in [-0.39, 0.29) is 0 Å². The Kier molecular flexibility index (Phi) is 3.72. The predicted octanol–water partition coefficient (Wildman–Crippen LogP) is 5.90. The molecule has 0 aliphatic rings. The molecule has 3 rings (SSSR count). The third-order valence-electron chi connectivity index (χ3n) is 3.04. The maximum absolute atomic E-state index is 5.97. The summed E-state index contributed by atoms with van der Waals surface area (Å²) >= 11 is 11.8. The van der Waals surface area contributed by atoms with Gasteiger partial charge in [-0.05, 0) is 40.6 Å². The minimum absolute atomic E-state index is 0.514. The van der Waals surface area contributed by atoms with Gasteiger partial charge < -0.3 is 0 Å². The quantitative estimate of drug-likeness (QED) is 0.523. The van der Waals surface area contributed by atoms with Crippen molar-refractivity contribution in [1.82, 2.24) is 0 Å². The third kappa shape index (κ3) is 2.84. The van der Waals surface area contributed by atoms with Gasteiger partial charge in [0.2, 0.25) is 0 Å². The average molecular weight is 300 g/mol. The Morgan fingerprint density at radius 2 is 1.55 bits per heavy atom. The summed E-state index contributed by atoms with van der Waals surface area (Å²) < 4.78 is 0. The molecule has 0 heterocycles. The number of fused-ring (bicyclic) bond motifs is 1. The molecule has 1 nitrogen and oxygen atoms in total. The van der Waals surface area contributed by atoms with Crippen molar-refractivity contribution in [1.29, 1.82) is 0 Å². The number of hydrogen-bond acceptors (Lipinski definition) is 1. The van der Waals surface area contributed by atoms with E-state index in [2.05, 4.69) is 29.3 Å². The van der Waals surface area contributed by atoms with Crippen LogP contribution in [0.1, 0.15) is 5.56 Å². The molecule has 0 saturated carbocycles. The van der Waals surface area contributed by atoms with Gasteiger partial charge in [0.05, 0.1) is 15.7 Å². The summed E-state index contributed by atoms with van der Waals surface area (Å²) in [4.78, 5) is 4.42. The lowest BCUT2D eigenvalue weighted by molar-refractivity contribution is 1.53. The van der Waals surface area contributed by atoms with Gasteiger partial charge in [-0.25, -0.2) is 0 Å². The van der Waals surface area contributed by atoms with Gasteiger partial charge in [-0.3, -0.25) is 4.99 Å². The number of halogens is 2. The lowest BCUT2D eigenvalue weighted by Crippen LogP contribution is -1.81. The highest BCUT2D eigenvalue weighted by molar-refractivity contribution is 6.42. The Labute approximate surface area is 127 Å². The fourth-order valence-corrected chi connectivity index (χ4v) is 2.29. The van der Waals surface area contributed by atoms with Crippen LogP contribution in [0.4, 0.5) is 5.69 Å². The minimum atomic E-state index is 0.514. The molecule has 98 valence electrons. The van der Waals surface area contributed by atoms with Crippen molar-refractivity contribution in [3.8, 4) is 0 Å². The molecular formula is C17H11Cl2N. The summed E-state index contributed by atoms with van der Waals surface area (Å²) in [6, 6.07) is 19.8. The Bertz CT molecular complexity index is 794. The monoisotopic (exact) mass is 299 g/mol. The lowest BCUT2D eigenvalue weighted by Gasteiger charge is -2.00. The second kappa shape index (κ2) is 5.66. The first-order valence-electron chi connectivity index (χ1n) is 6.20. The van der Waals surface area contributed by atoms with Crippen LogP contribution in [-0.4, -0.2) is 6.21 Å². The van der Waals surface area contributed by atoms with Gasteiger partial charge in [0.25, 0.3) is 0 Å². The lowest BCUT2D eigenvalue weighted by atomic mass is 10.1. The van der Waals surface area contributed by atoms with E-state index in [1.807, 2.05) is 30.5 Å². The summed E-state index contributed by atoms with van der Waals surface area (Å²) in [6.45, 7) is 0. The first-order chi connectivity index (χ1) is 9.72. The Hall–Kier alpha value is -1.83. The van der Waals surface area contributed by atoms with E-state index in [9.17, 15) is 0 Å². The molecule has 0 aliphatic heterocycles. The highest BCUT2D eigenvalue weighted by Crippen LogP contribution is 2.26. The van der Waals surface area contributed by atoms with Gasteiger partial charge >= 0.3 is 0 Å². The van der Waals surface area contributed by atoms with E-state index in [0.717, 1.165) is 11.3 Å². The number of aliphatic imine (C=N–C) groups is 1. The standard InChI is InChI=1S/C17H11Cl2N/c18-16-8-7-15(10-17(16)19)20-11-12-5-6-13-3-1-2-4-14(13)9-12/h1-11H. The van der Waals surface area contributed by atoms with Gasteiger partial charge in [-0.2, -0.15) is 0 Å². The Balaban J connectivity index is 1.91. The minimum Gasteiger partial charge on any atom is -0.256 e. The van der Waals surface area contributed by atoms with Crippen LogP contribution in [0, 0.1) is 0 Å².